The standard InChI is InChI=1S/C26H27ClFN3O4/c1-15-21(27)7-6-19(25(15)28)17-8-10-31(11-9-17)13-18(32)14-33-22-4-3-5-23-20(22)12-24(35-23)26-30-29-16(2)34-26/h3-7,12,17-18,32H,8-11,13-14H2,1-2H3. The first-order chi connectivity index (χ1) is 16.9. The van der Waals surface area contributed by atoms with Crippen LogP contribution in [0.15, 0.2) is 45.2 Å². The average molecular weight is 500 g/mol. The van der Waals surface area contributed by atoms with Crippen LogP contribution in [0, 0.1) is 19.7 Å². The Labute approximate surface area is 207 Å². The maximum atomic E-state index is 14.7. The molecule has 35 heavy (non-hydrogen) atoms. The molecule has 1 unspecified atom stereocenters. The number of rotatable bonds is 7. The molecule has 0 amide bonds. The van der Waals surface area contributed by atoms with Gasteiger partial charge in [0.25, 0.3) is 5.89 Å². The van der Waals surface area contributed by atoms with E-state index in [-0.39, 0.29) is 18.3 Å². The van der Waals surface area contributed by atoms with E-state index in [1.54, 1.807) is 32.0 Å². The van der Waals surface area contributed by atoms with Crippen LogP contribution in [0.3, 0.4) is 0 Å². The van der Waals surface area contributed by atoms with Crippen LogP contribution in [-0.2, 0) is 0 Å². The van der Waals surface area contributed by atoms with E-state index in [4.69, 9.17) is 25.2 Å². The second-order valence-electron chi connectivity index (χ2n) is 9.02. The van der Waals surface area contributed by atoms with Gasteiger partial charge in [-0.05, 0) is 62.5 Å². The highest BCUT2D eigenvalue weighted by molar-refractivity contribution is 6.31. The second-order valence-corrected chi connectivity index (χ2v) is 9.43. The Balaban J connectivity index is 1.16. The highest BCUT2D eigenvalue weighted by Crippen LogP contribution is 2.34. The minimum Gasteiger partial charge on any atom is -0.490 e. The average Bonchev–Trinajstić information content (AvgIpc) is 3.48. The van der Waals surface area contributed by atoms with Gasteiger partial charge in [0.1, 0.15) is 29.9 Å². The predicted octanol–water partition coefficient (Wildman–Crippen LogP) is 5.51. The first-order valence-electron chi connectivity index (χ1n) is 11.7. The van der Waals surface area contributed by atoms with Gasteiger partial charge in [0, 0.05) is 30.1 Å². The number of benzene rings is 2. The van der Waals surface area contributed by atoms with Crippen molar-refractivity contribution in [3.8, 4) is 17.4 Å². The molecule has 0 bridgehead atoms. The van der Waals surface area contributed by atoms with Crippen molar-refractivity contribution in [1.29, 1.82) is 0 Å². The molecule has 0 aliphatic carbocycles. The fourth-order valence-corrected chi connectivity index (χ4v) is 4.77. The van der Waals surface area contributed by atoms with Crippen molar-refractivity contribution in [3.05, 3.63) is 64.3 Å². The number of β-amino-alcohol motifs (C(OH)–C–C–N with tert-alkyl or cyclic N) is 1. The summed E-state index contributed by atoms with van der Waals surface area (Å²) >= 11 is 6.04. The molecule has 0 radical (unpaired) electrons. The van der Waals surface area contributed by atoms with Crippen molar-refractivity contribution in [2.24, 2.45) is 0 Å². The largest absolute Gasteiger partial charge is 0.490 e. The summed E-state index contributed by atoms with van der Waals surface area (Å²) in [5, 5.41) is 19.7. The maximum absolute atomic E-state index is 14.7. The molecule has 5 rings (SSSR count). The summed E-state index contributed by atoms with van der Waals surface area (Å²) in [7, 11) is 0. The Kier molecular flexibility index (Phi) is 6.77. The number of ether oxygens (including phenoxy) is 1. The number of nitrogens with zero attached hydrogens (tertiary/aromatic N) is 3. The lowest BCUT2D eigenvalue weighted by molar-refractivity contribution is 0.0597. The lowest BCUT2D eigenvalue weighted by atomic mass is 9.88. The molecule has 3 heterocycles. The third kappa shape index (κ3) is 5.05. The van der Waals surface area contributed by atoms with E-state index in [0.717, 1.165) is 36.9 Å². The molecule has 0 saturated carbocycles. The number of aliphatic hydroxyl groups excluding tert-OH is 1. The van der Waals surface area contributed by atoms with E-state index < -0.39 is 6.10 Å². The number of fused-ring (bicyclic) bond motifs is 1. The van der Waals surface area contributed by atoms with Crippen LogP contribution in [0.4, 0.5) is 4.39 Å². The Hall–Kier alpha value is -2.94. The molecule has 184 valence electrons. The number of hydrogen-bond donors (Lipinski definition) is 1. The molecule has 2 aromatic heterocycles. The third-order valence-corrected chi connectivity index (χ3v) is 6.95. The molecule has 1 aliphatic rings. The normalized spacial score (nSPS) is 16.1. The summed E-state index contributed by atoms with van der Waals surface area (Å²) in [4.78, 5) is 2.19. The number of likely N-dealkylation sites (tertiary alicyclic amines) is 1. The van der Waals surface area contributed by atoms with Crippen molar-refractivity contribution < 1.29 is 23.1 Å². The van der Waals surface area contributed by atoms with Gasteiger partial charge in [0.05, 0.1) is 5.39 Å². The van der Waals surface area contributed by atoms with Gasteiger partial charge in [-0.3, -0.25) is 0 Å². The molecule has 1 N–H and O–H groups in total. The van der Waals surface area contributed by atoms with Gasteiger partial charge in [-0.1, -0.05) is 23.7 Å². The first kappa shape index (κ1) is 23.8. The Bertz CT molecular complexity index is 1330. The van der Waals surface area contributed by atoms with Crippen LogP contribution >= 0.6 is 11.6 Å². The van der Waals surface area contributed by atoms with Crippen LogP contribution < -0.4 is 4.74 Å². The van der Waals surface area contributed by atoms with Gasteiger partial charge < -0.3 is 23.6 Å². The summed E-state index contributed by atoms with van der Waals surface area (Å²) in [5.41, 5.74) is 1.87. The zero-order valence-corrected chi connectivity index (χ0v) is 20.4. The first-order valence-corrected chi connectivity index (χ1v) is 12.1. The molecule has 4 aromatic rings. The van der Waals surface area contributed by atoms with Gasteiger partial charge in [0.15, 0.2) is 5.76 Å². The highest BCUT2D eigenvalue weighted by Gasteiger charge is 2.25. The molecule has 1 aliphatic heterocycles. The Morgan fingerprint density at radius 1 is 1.17 bits per heavy atom. The fraction of sp³-hybridized carbons (Fsp3) is 0.385. The van der Waals surface area contributed by atoms with Crippen molar-refractivity contribution in [1.82, 2.24) is 15.1 Å². The van der Waals surface area contributed by atoms with Gasteiger partial charge >= 0.3 is 0 Å². The molecular weight excluding hydrogens is 473 g/mol. The highest BCUT2D eigenvalue weighted by atomic mass is 35.5. The number of halogens is 2. The van der Waals surface area contributed by atoms with E-state index >= 15 is 0 Å². The van der Waals surface area contributed by atoms with E-state index in [0.29, 0.717) is 46.0 Å². The zero-order valence-electron chi connectivity index (χ0n) is 19.6. The number of hydrogen-bond acceptors (Lipinski definition) is 7. The van der Waals surface area contributed by atoms with Crippen LogP contribution in [0.5, 0.6) is 5.75 Å². The molecule has 0 spiro atoms. The van der Waals surface area contributed by atoms with Crippen molar-refractivity contribution in [2.45, 2.75) is 38.7 Å². The SMILES string of the molecule is Cc1nnc(-c2cc3c(OCC(O)CN4CCC(c5ccc(Cl)c(C)c5F)CC4)cccc3o2)o1. The molecule has 9 heteroatoms. The quantitative estimate of drug-likeness (QED) is 0.359. The molecular formula is C26H27ClFN3O4. The number of piperidine rings is 1. The number of aryl methyl sites for hydroxylation is 1. The minimum absolute atomic E-state index is 0.143. The molecule has 1 saturated heterocycles. The van der Waals surface area contributed by atoms with Gasteiger partial charge in [-0.15, -0.1) is 10.2 Å². The van der Waals surface area contributed by atoms with Gasteiger partial charge in [0.2, 0.25) is 5.89 Å². The fourth-order valence-electron chi connectivity index (χ4n) is 4.62. The van der Waals surface area contributed by atoms with Gasteiger partial charge in [-0.25, -0.2) is 4.39 Å². The lowest BCUT2D eigenvalue weighted by Crippen LogP contribution is -2.40. The summed E-state index contributed by atoms with van der Waals surface area (Å²) in [6.45, 7) is 5.63. The maximum Gasteiger partial charge on any atom is 0.283 e. The van der Waals surface area contributed by atoms with Crippen LogP contribution in [0.1, 0.15) is 35.8 Å². The van der Waals surface area contributed by atoms with Gasteiger partial charge in [-0.2, -0.15) is 0 Å². The van der Waals surface area contributed by atoms with Crippen LogP contribution in [-0.4, -0.2) is 52.5 Å². The smallest absolute Gasteiger partial charge is 0.283 e. The summed E-state index contributed by atoms with van der Waals surface area (Å²) in [5.74, 6) is 1.80. The van der Waals surface area contributed by atoms with Crippen LogP contribution in [0.25, 0.3) is 22.6 Å². The van der Waals surface area contributed by atoms with Crippen molar-refractivity contribution in [3.63, 3.8) is 0 Å². The van der Waals surface area contributed by atoms with Crippen molar-refractivity contribution >= 4 is 22.6 Å². The predicted molar refractivity (Wildman–Crippen MR) is 130 cm³/mol. The van der Waals surface area contributed by atoms with E-state index in [1.165, 1.54) is 0 Å². The number of aromatic nitrogens is 2. The Morgan fingerprint density at radius 3 is 2.71 bits per heavy atom. The molecule has 2 aromatic carbocycles. The number of aliphatic hydroxyl groups is 1. The monoisotopic (exact) mass is 499 g/mol. The van der Waals surface area contributed by atoms with E-state index in [9.17, 15) is 9.50 Å². The third-order valence-electron chi connectivity index (χ3n) is 6.54. The zero-order chi connectivity index (χ0) is 24.5. The summed E-state index contributed by atoms with van der Waals surface area (Å²) < 4.78 is 31.9. The lowest BCUT2D eigenvalue weighted by Gasteiger charge is -2.33. The van der Waals surface area contributed by atoms with E-state index in [1.807, 2.05) is 18.2 Å². The Morgan fingerprint density at radius 2 is 1.97 bits per heavy atom. The second kappa shape index (κ2) is 9.97. The van der Waals surface area contributed by atoms with Crippen LogP contribution in [0.2, 0.25) is 5.02 Å². The van der Waals surface area contributed by atoms with E-state index in [2.05, 4.69) is 15.1 Å². The summed E-state index contributed by atoms with van der Waals surface area (Å²) in [6, 6.07) is 10.9. The molecule has 7 nitrogen and oxygen atoms in total. The van der Waals surface area contributed by atoms with Crippen molar-refractivity contribution in [2.75, 3.05) is 26.2 Å². The summed E-state index contributed by atoms with van der Waals surface area (Å²) in [6.07, 6.45) is 0.997. The number of furan rings is 1. The topological polar surface area (TPSA) is 84.8 Å². The minimum atomic E-state index is -0.665. The molecule has 1 fully saturated rings. The molecule has 1 atom stereocenters.